The molecule has 0 unspecified atom stereocenters. The van der Waals surface area contributed by atoms with Crippen molar-refractivity contribution in [1.29, 1.82) is 0 Å². The average molecular weight is 413 g/mol. The summed E-state index contributed by atoms with van der Waals surface area (Å²) in [4.78, 5) is 35.1. The summed E-state index contributed by atoms with van der Waals surface area (Å²) in [7, 11) is 0. The minimum absolute atomic E-state index is 0.00316. The molecule has 1 aliphatic rings. The van der Waals surface area contributed by atoms with Crippen LogP contribution in [0.15, 0.2) is 71.5 Å². The van der Waals surface area contributed by atoms with Crippen molar-refractivity contribution in [2.24, 2.45) is 0 Å². The molecule has 1 saturated heterocycles. The van der Waals surface area contributed by atoms with E-state index in [0.717, 1.165) is 23.6 Å². The molecular formula is C25H23N3O3. The van der Waals surface area contributed by atoms with Crippen molar-refractivity contribution >= 4 is 27.6 Å². The van der Waals surface area contributed by atoms with Crippen molar-refractivity contribution < 1.29 is 9.53 Å². The van der Waals surface area contributed by atoms with Crippen LogP contribution in [0.3, 0.4) is 0 Å². The van der Waals surface area contributed by atoms with E-state index in [1.165, 1.54) is 0 Å². The predicted octanol–water partition coefficient (Wildman–Crippen LogP) is 3.90. The maximum Gasteiger partial charge on any atom is 0.258 e. The highest BCUT2D eigenvalue weighted by atomic mass is 16.5. The number of benzene rings is 3. The van der Waals surface area contributed by atoms with Gasteiger partial charge in [0.15, 0.2) is 0 Å². The molecule has 4 aromatic rings. The Morgan fingerprint density at radius 1 is 1.06 bits per heavy atom. The molecule has 1 amide bonds. The first-order valence-electron chi connectivity index (χ1n) is 10.5. The first-order valence-corrected chi connectivity index (χ1v) is 10.5. The van der Waals surface area contributed by atoms with Gasteiger partial charge in [0.2, 0.25) is 0 Å². The largest absolute Gasteiger partial charge is 0.376 e. The molecule has 0 spiro atoms. The van der Waals surface area contributed by atoms with Gasteiger partial charge in [0.05, 0.1) is 23.6 Å². The van der Waals surface area contributed by atoms with Crippen molar-refractivity contribution in [3.05, 3.63) is 88.5 Å². The topological polar surface area (TPSA) is 75.3 Å². The molecular weight excluding hydrogens is 390 g/mol. The Morgan fingerprint density at radius 3 is 2.71 bits per heavy atom. The zero-order chi connectivity index (χ0) is 21.2. The molecule has 1 atom stereocenters. The number of fused-ring (bicyclic) bond motifs is 2. The molecule has 0 saturated carbocycles. The Labute approximate surface area is 179 Å². The van der Waals surface area contributed by atoms with Crippen molar-refractivity contribution in [3.63, 3.8) is 0 Å². The van der Waals surface area contributed by atoms with Crippen LogP contribution in [0.5, 0.6) is 0 Å². The van der Waals surface area contributed by atoms with Gasteiger partial charge in [0.1, 0.15) is 5.82 Å². The van der Waals surface area contributed by atoms with Gasteiger partial charge in [-0.05, 0) is 47.9 Å². The van der Waals surface area contributed by atoms with Crippen LogP contribution in [0.2, 0.25) is 0 Å². The summed E-state index contributed by atoms with van der Waals surface area (Å²) >= 11 is 0. The minimum atomic E-state index is -0.198. The van der Waals surface area contributed by atoms with Crippen LogP contribution in [-0.4, -0.2) is 40.0 Å². The van der Waals surface area contributed by atoms with Crippen LogP contribution in [-0.2, 0) is 11.3 Å². The Bertz CT molecular complexity index is 1310. The van der Waals surface area contributed by atoms with Gasteiger partial charge in [0, 0.05) is 18.7 Å². The number of nitrogens with zero attached hydrogens (tertiary/aromatic N) is 2. The molecule has 0 bridgehead atoms. The normalized spacial score (nSPS) is 16.1. The SMILES string of the molecule is O=C(c1ccc2ccccc2c1)N(Cc1nc2ccccc2c(=O)[nH]1)C[C@H]1CCCO1. The van der Waals surface area contributed by atoms with Crippen molar-refractivity contribution in [2.45, 2.75) is 25.5 Å². The van der Waals surface area contributed by atoms with Gasteiger partial charge in [-0.15, -0.1) is 0 Å². The van der Waals surface area contributed by atoms with Gasteiger partial charge in [-0.1, -0.05) is 42.5 Å². The smallest absolute Gasteiger partial charge is 0.258 e. The summed E-state index contributed by atoms with van der Waals surface area (Å²) in [5, 5.41) is 2.64. The van der Waals surface area contributed by atoms with Crippen LogP contribution in [0.4, 0.5) is 0 Å². The molecule has 3 aromatic carbocycles. The fourth-order valence-electron chi connectivity index (χ4n) is 4.15. The predicted molar refractivity (Wildman–Crippen MR) is 120 cm³/mol. The molecule has 6 heteroatoms. The lowest BCUT2D eigenvalue weighted by Crippen LogP contribution is -2.37. The van der Waals surface area contributed by atoms with Crippen LogP contribution in [0.25, 0.3) is 21.7 Å². The van der Waals surface area contributed by atoms with Gasteiger partial charge in [0.25, 0.3) is 11.5 Å². The van der Waals surface area contributed by atoms with E-state index < -0.39 is 0 Å². The second-order valence-corrected chi connectivity index (χ2v) is 7.91. The first kappa shape index (κ1) is 19.5. The molecule has 5 rings (SSSR count). The van der Waals surface area contributed by atoms with Gasteiger partial charge in [-0.25, -0.2) is 4.98 Å². The molecule has 31 heavy (non-hydrogen) atoms. The number of hydrogen-bond donors (Lipinski definition) is 1. The third-order valence-corrected chi connectivity index (χ3v) is 5.73. The number of hydrogen-bond acceptors (Lipinski definition) is 4. The summed E-state index contributed by atoms with van der Waals surface area (Å²) in [5.74, 6) is 0.368. The van der Waals surface area contributed by atoms with Crippen LogP contribution in [0, 0.1) is 0 Å². The number of carbonyl (C=O) groups excluding carboxylic acids is 1. The third kappa shape index (κ3) is 4.07. The lowest BCUT2D eigenvalue weighted by Gasteiger charge is -2.25. The maximum atomic E-state index is 13.5. The number of ether oxygens (including phenoxy) is 1. The van der Waals surface area contributed by atoms with Crippen LogP contribution in [0.1, 0.15) is 29.0 Å². The first-order chi connectivity index (χ1) is 15.2. The Hall–Kier alpha value is -3.51. The molecule has 1 aromatic heterocycles. The van der Waals surface area contributed by atoms with E-state index in [-0.39, 0.29) is 24.1 Å². The van der Waals surface area contributed by atoms with E-state index in [4.69, 9.17) is 4.74 Å². The standard InChI is InChI=1S/C25H23N3O3/c29-24-21-9-3-4-10-22(21)26-23(27-24)16-28(15-20-8-5-13-31-20)25(30)19-12-11-17-6-1-2-7-18(17)14-19/h1-4,6-7,9-12,14,20H,5,8,13,15-16H2,(H,26,27,29)/t20-/m1/s1. The second-order valence-electron chi connectivity index (χ2n) is 7.91. The lowest BCUT2D eigenvalue weighted by molar-refractivity contribution is 0.0501. The van der Waals surface area contributed by atoms with Crippen molar-refractivity contribution in [1.82, 2.24) is 14.9 Å². The molecule has 156 valence electrons. The van der Waals surface area contributed by atoms with E-state index >= 15 is 0 Å². The number of H-pyrrole nitrogens is 1. The summed E-state index contributed by atoms with van der Waals surface area (Å²) in [5.41, 5.74) is 1.03. The average Bonchev–Trinajstić information content (AvgIpc) is 3.31. The van der Waals surface area contributed by atoms with Gasteiger partial charge in [-0.3, -0.25) is 9.59 Å². The lowest BCUT2D eigenvalue weighted by atomic mass is 10.1. The summed E-state index contributed by atoms with van der Waals surface area (Å²) < 4.78 is 5.79. The van der Waals surface area contributed by atoms with Gasteiger partial charge in [-0.2, -0.15) is 0 Å². The molecule has 1 fully saturated rings. The minimum Gasteiger partial charge on any atom is -0.376 e. The third-order valence-electron chi connectivity index (χ3n) is 5.73. The summed E-state index contributed by atoms with van der Waals surface area (Å²) in [6.45, 7) is 1.39. The van der Waals surface area contributed by atoms with Gasteiger partial charge >= 0.3 is 0 Å². The Kier molecular flexibility index (Phi) is 5.22. The molecule has 1 N–H and O–H groups in total. The van der Waals surface area contributed by atoms with Gasteiger partial charge < -0.3 is 14.6 Å². The van der Waals surface area contributed by atoms with E-state index in [0.29, 0.717) is 35.4 Å². The quantitative estimate of drug-likeness (QED) is 0.539. The number of rotatable bonds is 5. The second kappa shape index (κ2) is 8.32. The van der Waals surface area contributed by atoms with E-state index in [1.807, 2.05) is 60.7 Å². The highest BCUT2D eigenvalue weighted by Crippen LogP contribution is 2.20. The molecule has 2 heterocycles. The van der Waals surface area contributed by atoms with E-state index in [9.17, 15) is 9.59 Å². The number of amides is 1. The monoisotopic (exact) mass is 413 g/mol. The fourth-order valence-corrected chi connectivity index (χ4v) is 4.15. The summed E-state index contributed by atoms with van der Waals surface area (Å²) in [6.07, 6.45) is 1.91. The molecule has 0 aliphatic carbocycles. The molecule has 0 radical (unpaired) electrons. The molecule has 1 aliphatic heterocycles. The van der Waals surface area contributed by atoms with Crippen LogP contribution < -0.4 is 5.56 Å². The van der Waals surface area contributed by atoms with E-state index in [2.05, 4.69) is 9.97 Å². The van der Waals surface area contributed by atoms with Crippen molar-refractivity contribution in [2.75, 3.05) is 13.2 Å². The van der Waals surface area contributed by atoms with Crippen molar-refractivity contribution in [3.8, 4) is 0 Å². The number of aromatic nitrogens is 2. The number of carbonyl (C=O) groups is 1. The Morgan fingerprint density at radius 2 is 1.87 bits per heavy atom. The Balaban J connectivity index is 1.48. The maximum absolute atomic E-state index is 13.5. The fraction of sp³-hybridized carbons (Fsp3) is 0.240. The number of nitrogens with one attached hydrogen (secondary N) is 1. The zero-order valence-electron chi connectivity index (χ0n) is 17.1. The number of aromatic amines is 1. The zero-order valence-corrected chi connectivity index (χ0v) is 17.1. The van der Waals surface area contributed by atoms with E-state index in [1.54, 1.807) is 11.0 Å². The highest BCUT2D eigenvalue weighted by molar-refractivity contribution is 5.98. The number of para-hydroxylation sites is 1. The summed E-state index contributed by atoms with van der Waals surface area (Å²) in [6, 6.07) is 20.9. The molecule has 6 nitrogen and oxygen atoms in total. The van der Waals surface area contributed by atoms with Crippen LogP contribution >= 0.6 is 0 Å². The highest BCUT2D eigenvalue weighted by Gasteiger charge is 2.24.